The first-order valence-corrected chi connectivity index (χ1v) is 8.64. The van der Waals surface area contributed by atoms with Gasteiger partial charge in [-0.25, -0.2) is 0 Å². The second-order valence-electron chi connectivity index (χ2n) is 6.29. The first-order chi connectivity index (χ1) is 11.1. The van der Waals surface area contributed by atoms with Crippen molar-refractivity contribution < 1.29 is 23.7 Å². The minimum atomic E-state index is 0.126. The van der Waals surface area contributed by atoms with E-state index in [0.29, 0.717) is 25.6 Å². The zero-order valence-electron chi connectivity index (χ0n) is 15.4. The fourth-order valence-corrected chi connectivity index (χ4v) is 3.08. The molecule has 0 spiro atoms. The Labute approximate surface area is 141 Å². The van der Waals surface area contributed by atoms with Crippen LogP contribution in [0.3, 0.4) is 0 Å². The van der Waals surface area contributed by atoms with Crippen LogP contribution in [0.2, 0.25) is 0 Å². The first-order valence-electron chi connectivity index (χ1n) is 8.64. The van der Waals surface area contributed by atoms with Crippen LogP contribution in [-0.4, -0.2) is 46.1 Å². The molecule has 0 amide bonds. The largest absolute Gasteiger partial charge is 0.495 e. The topological polar surface area (TPSA) is 46.2 Å². The van der Waals surface area contributed by atoms with Crippen LogP contribution in [0.1, 0.15) is 52.9 Å². The van der Waals surface area contributed by atoms with E-state index in [4.69, 9.17) is 23.7 Å². The van der Waals surface area contributed by atoms with Crippen molar-refractivity contribution in [1.82, 2.24) is 0 Å². The molecule has 5 nitrogen and oxygen atoms in total. The predicted octanol–water partition coefficient (Wildman–Crippen LogP) is 3.87. The Hall–Kier alpha value is -0.620. The van der Waals surface area contributed by atoms with Gasteiger partial charge in [0, 0.05) is 26.6 Å². The van der Waals surface area contributed by atoms with Gasteiger partial charge in [0.25, 0.3) is 0 Å². The van der Waals surface area contributed by atoms with Gasteiger partial charge in [-0.15, -0.1) is 0 Å². The summed E-state index contributed by atoms with van der Waals surface area (Å²) in [6, 6.07) is 0. The van der Waals surface area contributed by atoms with E-state index in [1.54, 1.807) is 14.2 Å². The summed E-state index contributed by atoms with van der Waals surface area (Å²) < 4.78 is 27.3. The van der Waals surface area contributed by atoms with Crippen molar-refractivity contribution in [2.75, 3.05) is 27.8 Å². The zero-order chi connectivity index (χ0) is 17.1. The fourth-order valence-electron chi connectivity index (χ4n) is 3.08. The Morgan fingerprint density at radius 2 is 1.65 bits per heavy atom. The Morgan fingerprint density at radius 3 is 2.22 bits per heavy atom. The number of hydrogen-bond acceptors (Lipinski definition) is 5. The van der Waals surface area contributed by atoms with Crippen molar-refractivity contribution >= 4 is 0 Å². The van der Waals surface area contributed by atoms with Gasteiger partial charge in [-0.2, -0.15) is 0 Å². The molecule has 23 heavy (non-hydrogen) atoms. The summed E-state index contributed by atoms with van der Waals surface area (Å²) in [6.45, 7) is 6.92. The summed E-state index contributed by atoms with van der Waals surface area (Å²) in [5, 5.41) is 0. The number of allylic oxidation sites excluding steroid dienone is 2. The highest BCUT2D eigenvalue weighted by molar-refractivity contribution is 5.00. The molecule has 5 heteroatoms. The average molecular weight is 330 g/mol. The third kappa shape index (κ3) is 8.15. The Bertz CT molecular complexity index is 323. The van der Waals surface area contributed by atoms with Gasteiger partial charge in [-0.3, -0.25) is 0 Å². The van der Waals surface area contributed by atoms with E-state index in [1.807, 2.05) is 6.92 Å². The van der Waals surface area contributed by atoms with Gasteiger partial charge >= 0.3 is 0 Å². The van der Waals surface area contributed by atoms with Gasteiger partial charge in [-0.05, 0) is 52.5 Å². The molecule has 0 saturated heterocycles. The highest BCUT2D eigenvalue weighted by atomic mass is 16.7. The average Bonchev–Trinajstić information content (AvgIpc) is 2.56. The monoisotopic (exact) mass is 330 g/mol. The molecule has 136 valence electrons. The van der Waals surface area contributed by atoms with Crippen molar-refractivity contribution in [2.24, 2.45) is 5.92 Å². The molecule has 2 unspecified atom stereocenters. The minimum absolute atomic E-state index is 0.126. The summed E-state index contributed by atoms with van der Waals surface area (Å²) in [7, 11) is 3.30. The molecule has 0 aliphatic heterocycles. The van der Waals surface area contributed by atoms with Crippen LogP contribution >= 0.6 is 0 Å². The van der Waals surface area contributed by atoms with Crippen molar-refractivity contribution in [3.05, 3.63) is 11.8 Å². The highest BCUT2D eigenvalue weighted by Crippen LogP contribution is 2.32. The van der Waals surface area contributed by atoms with Crippen LogP contribution in [0.15, 0.2) is 11.8 Å². The molecule has 1 fully saturated rings. The molecular weight excluding hydrogens is 296 g/mol. The molecule has 1 aliphatic carbocycles. The van der Waals surface area contributed by atoms with Crippen molar-refractivity contribution in [2.45, 2.75) is 71.2 Å². The van der Waals surface area contributed by atoms with E-state index in [-0.39, 0.29) is 12.2 Å². The maximum atomic E-state index is 6.18. The lowest BCUT2D eigenvalue weighted by atomic mass is 9.86. The highest BCUT2D eigenvalue weighted by Gasteiger charge is 2.26. The van der Waals surface area contributed by atoms with Gasteiger partial charge < -0.3 is 23.7 Å². The summed E-state index contributed by atoms with van der Waals surface area (Å²) in [5.74, 6) is 1.61. The Kier molecular flexibility index (Phi) is 10.5. The van der Waals surface area contributed by atoms with Gasteiger partial charge in [0.15, 0.2) is 0 Å². The maximum Gasteiger partial charge on any atom is 0.146 e. The number of methoxy groups -OCH3 is 2. The normalized spacial score (nSPS) is 25.2. The van der Waals surface area contributed by atoms with Gasteiger partial charge in [0.05, 0.1) is 24.1 Å². The number of hydrogen-bond donors (Lipinski definition) is 0. The quantitative estimate of drug-likeness (QED) is 0.425. The Balaban J connectivity index is 2.34. The standard InChI is InChI=1S/C18H34O5/c1-6-18(23-15(3)11-14(2)21-12-19-4)16-7-9-17(10-8-16)22-13-20-5/h6,14-17H,7-13H2,1-5H3/b18-6-. The third-order valence-electron chi connectivity index (χ3n) is 4.25. The Morgan fingerprint density at radius 1 is 1.00 bits per heavy atom. The van der Waals surface area contributed by atoms with Crippen LogP contribution in [0.5, 0.6) is 0 Å². The van der Waals surface area contributed by atoms with Gasteiger partial charge in [0.1, 0.15) is 13.6 Å². The van der Waals surface area contributed by atoms with E-state index in [2.05, 4.69) is 19.9 Å². The number of ether oxygens (including phenoxy) is 5. The van der Waals surface area contributed by atoms with Crippen LogP contribution in [0.25, 0.3) is 0 Å². The molecule has 1 aliphatic rings. The van der Waals surface area contributed by atoms with Gasteiger partial charge in [0.2, 0.25) is 0 Å². The summed E-state index contributed by atoms with van der Waals surface area (Å²) in [4.78, 5) is 0. The number of rotatable bonds is 11. The van der Waals surface area contributed by atoms with Crippen LogP contribution in [-0.2, 0) is 23.7 Å². The zero-order valence-corrected chi connectivity index (χ0v) is 15.4. The van der Waals surface area contributed by atoms with E-state index < -0.39 is 0 Å². The third-order valence-corrected chi connectivity index (χ3v) is 4.25. The molecule has 1 saturated carbocycles. The fraction of sp³-hybridized carbons (Fsp3) is 0.889. The van der Waals surface area contributed by atoms with E-state index in [1.165, 1.54) is 0 Å². The molecule has 0 aromatic rings. The second kappa shape index (κ2) is 11.8. The molecule has 0 radical (unpaired) electrons. The molecular formula is C18H34O5. The maximum absolute atomic E-state index is 6.18. The van der Waals surface area contributed by atoms with Crippen LogP contribution in [0, 0.1) is 5.92 Å². The van der Waals surface area contributed by atoms with Crippen LogP contribution < -0.4 is 0 Å². The minimum Gasteiger partial charge on any atom is -0.495 e. The van der Waals surface area contributed by atoms with Crippen molar-refractivity contribution in [1.29, 1.82) is 0 Å². The molecule has 1 rings (SSSR count). The lowest BCUT2D eigenvalue weighted by molar-refractivity contribution is -0.0886. The van der Waals surface area contributed by atoms with E-state index in [9.17, 15) is 0 Å². The molecule has 2 atom stereocenters. The summed E-state index contributed by atoms with van der Waals surface area (Å²) >= 11 is 0. The van der Waals surface area contributed by atoms with E-state index >= 15 is 0 Å². The van der Waals surface area contributed by atoms with Crippen molar-refractivity contribution in [3.63, 3.8) is 0 Å². The molecule has 0 heterocycles. The van der Waals surface area contributed by atoms with E-state index in [0.717, 1.165) is 37.9 Å². The molecule has 0 bridgehead atoms. The summed E-state index contributed by atoms with van der Waals surface area (Å²) in [6.07, 6.45) is 7.89. The lowest BCUT2D eigenvalue weighted by Gasteiger charge is -2.31. The van der Waals surface area contributed by atoms with Gasteiger partial charge in [-0.1, -0.05) is 0 Å². The summed E-state index contributed by atoms with van der Waals surface area (Å²) in [5.41, 5.74) is 0. The van der Waals surface area contributed by atoms with Crippen LogP contribution in [0.4, 0.5) is 0 Å². The molecule has 0 aromatic heterocycles. The van der Waals surface area contributed by atoms with Crippen molar-refractivity contribution in [3.8, 4) is 0 Å². The predicted molar refractivity (Wildman–Crippen MR) is 90.1 cm³/mol. The molecule has 0 aromatic carbocycles. The first kappa shape index (κ1) is 20.4. The lowest BCUT2D eigenvalue weighted by Crippen LogP contribution is -2.26. The SMILES string of the molecule is C/C=C(\OC(C)CC(C)OCOC)C1CCC(OCOC)CC1. The molecule has 0 N–H and O–H groups in total. The smallest absolute Gasteiger partial charge is 0.146 e. The second-order valence-corrected chi connectivity index (χ2v) is 6.29.